The SMILES string of the molecule is COc1ccc(/C(O)=C2/C(=O)C(=O)N(CC3CCCO3)C2c2ccc(F)cc2)cc1Cl. The second kappa shape index (κ2) is 8.69. The summed E-state index contributed by atoms with van der Waals surface area (Å²) < 4.78 is 24.3. The number of amides is 1. The van der Waals surface area contributed by atoms with Crippen LogP contribution in [-0.4, -0.2) is 48.1 Å². The van der Waals surface area contributed by atoms with Crippen LogP contribution >= 0.6 is 11.6 Å². The largest absolute Gasteiger partial charge is 0.507 e. The van der Waals surface area contributed by atoms with E-state index in [0.717, 1.165) is 12.8 Å². The minimum atomic E-state index is -0.870. The molecule has 8 heteroatoms. The molecule has 0 bridgehead atoms. The first kappa shape index (κ1) is 21.3. The molecule has 0 aliphatic carbocycles. The highest BCUT2D eigenvalue weighted by Crippen LogP contribution is 2.40. The Labute approximate surface area is 183 Å². The van der Waals surface area contributed by atoms with E-state index in [0.29, 0.717) is 17.9 Å². The number of ketones is 1. The molecule has 2 aromatic carbocycles. The standard InChI is InChI=1S/C23H21ClFNO5/c1-30-18-9-6-14(11-17(18)24)21(27)19-20(13-4-7-15(25)8-5-13)26(23(29)22(19)28)12-16-3-2-10-31-16/h4-9,11,16,20,27H,2-3,10,12H2,1H3/b21-19-. The van der Waals surface area contributed by atoms with E-state index in [1.807, 2.05) is 0 Å². The fourth-order valence-electron chi connectivity index (χ4n) is 4.04. The third-order valence-electron chi connectivity index (χ3n) is 5.58. The molecule has 2 aromatic rings. The summed E-state index contributed by atoms with van der Waals surface area (Å²) in [5.41, 5.74) is 0.712. The van der Waals surface area contributed by atoms with Gasteiger partial charge in [0.25, 0.3) is 11.7 Å². The van der Waals surface area contributed by atoms with Crippen LogP contribution in [0.4, 0.5) is 4.39 Å². The number of Topliss-reactive ketones (excluding diaryl/α,β-unsaturated/α-hetero) is 1. The van der Waals surface area contributed by atoms with Gasteiger partial charge in [-0.25, -0.2) is 4.39 Å². The lowest BCUT2D eigenvalue weighted by Gasteiger charge is -2.27. The zero-order chi connectivity index (χ0) is 22.1. The van der Waals surface area contributed by atoms with Gasteiger partial charge in [0.1, 0.15) is 17.3 Å². The van der Waals surface area contributed by atoms with Gasteiger partial charge in [0, 0.05) is 18.7 Å². The van der Waals surface area contributed by atoms with Crippen molar-refractivity contribution in [3.63, 3.8) is 0 Å². The van der Waals surface area contributed by atoms with Crippen molar-refractivity contribution in [1.82, 2.24) is 4.90 Å². The van der Waals surface area contributed by atoms with Crippen molar-refractivity contribution in [2.75, 3.05) is 20.3 Å². The number of nitrogens with zero attached hydrogens (tertiary/aromatic N) is 1. The number of hydrogen-bond donors (Lipinski definition) is 1. The van der Waals surface area contributed by atoms with E-state index in [1.54, 1.807) is 12.1 Å². The highest BCUT2D eigenvalue weighted by Gasteiger charge is 2.47. The van der Waals surface area contributed by atoms with Gasteiger partial charge in [-0.2, -0.15) is 0 Å². The number of methoxy groups -OCH3 is 1. The molecule has 162 valence electrons. The summed E-state index contributed by atoms with van der Waals surface area (Å²) in [5.74, 6) is -1.93. The molecule has 2 unspecified atom stereocenters. The normalized spacial score (nSPS) is 22.9. The van der Waals surface area contributed by atoms with E-state index < -0.39 is 23.5 Å². The minimum absolute atomic E-state index is 0.0733. The van der Waals surface area contributed by atoms with Crippen LogP contribution in [0.2, 0.25) is 5.02 Å². The molecule has 0 spiro atoms. The maximum absolute atomic E-state index is 13.5. The van der Waals surface area contributed by atoms with Crippen LogP contribution in [0.3, 0.4) is 0 Å². The monoisotopic (exact) mass is 445 g/mol. The lowest BCUT2D eigenvalue weighted by atomic mass is 9.95. The Morgan fingerprint density at radius 1 is 1.26 bits per heavy atom. The van der Waals surface area contributed by atoms with Crippen LogP contribution in [-0.2, 0) is 14.3 Å². The summed E-state index contributed by atoms with van der Waals surface area (Å²) in [6, 6.07) is 9.22. The smallest absolute Gasteiger partial charge is 0.295 e. The zero-order valence-corrected chi connectivity index (χ0v) is 17.6. The summed E-state index contributed by atoms with van der Waals surface area (Å²) in [6.45, 7) is 0.799. The second-order valence-electron chi connectivity index (χ2n) is 7.49. The molecular formula is C23H21ClFNO5. The number of halogens is 2. The first-order chi connectivity index (χ1) is 14.9. The highest BCUT2D eigenvalue weighted by molar-refractivity contribution is 6.46. The molecule has 0 aromatic heterocycles. The van der Waals surface area contributed by atoms with Crippen LogP contribution in [0.1, 0.15) is 30.0 Å². The number of likely N-dealkylation sites (tertiary alicyclic amines) is 1. The molecule has 2 saturated heterocycles. The number of aliphatic hydroxyl groups excluding tert-OH is 1. The Hall–Kier alpha value is -2.90. The third kappa shape index (κ3) is 4.03. The lowest BCUT2D eigenvalue weighted by molar-refractivity contribution is -0.140. The molecule has 2 aliphatic rings. The van der Waals surface area contributed by atoms with Gasteiger partial charge in [-0.1, -0.05) is 23.7 Å². The number of ether oxygens (including phenoxy) is 2. The number of hydrogen-bond acceptors (Lipinski definition) is 5. The zero-order valence-electron chi connectivity index (χ0n) is 16.8. The summed E-state index contributed by atoms with van der Waals surface area (Å²) in [7, 11) is 1.46. The molecule has 2 heterocycles. The maximum atomic E-state index is 13.5. The predicted octanol–water partition coefficient (Wildman–Crippen LogP) is 4.09. The van der Waals surface area contributed by atoms with Crippen molar-refractivity contribution >= 4 is 29.1 Å². The van der Waals surface area contributed by atoms with E-state index in [2.05, 4.69) is 0 Å². The number of aliphatic hydroxyl groups is 1. The fraction of sp³-hybridized carbons (Fsp3) is 0.304. The summed E-state index contributed by atoms with van der Waals surface area (Å²) in [6.07, 6.45) is 1.45. The van der Waals surface area contributed by atoms with Gasteiger partial charge in [-0.05, 0) is 48.7 Å². The number of carbonyl (C=O) groups excluding carboxylic acids is 2. The molecule has 1 amide bonds. The average Bonchev–Trinajstić information content (AvgIpc) is 3.36. The molecular weight excluding hydrogens is 425 g/mol. The molecule has 2 fully saturated rings. The molecule has 0 radical (unpaired) electrons. The molecule has 6 nitrogen and oxygen atoms in total. The van der Waals surface area contributed by atoms with Crippen LogP contribution in [0.15, 0.2) is 48.0 Å². The Morgan fingerprint density at radius 3 is 2.61 bits per heavy atom. The van der Waals surface area contributed by atoms with E-state index in [9.17, 15) is 19.1 Å². The molecule has 31 heavy (non-hydrogen) atoms. The lowest BCUT2D eigenvalue weighted by Crippen LogP contribution is -2.36. The average molecular weight is 446 g/mol. The molecule has 1 N–H and O–H groups in total. The number of benzene rings is 2. The second-order valence-corrected chi connectivity index (χ2v) is 7.89. The van der Waals surface area contributed by atoms with Gasteiger partial charge >= 0.3 is 0 Å². The summed E-state index contributed by atoms with van der Waals surface area (Å²) in [5, 5.41) is 11.3. The van der Waals surface area contributed by atoms with Gasteiger partial charge in [0.15, 0.2) is 0 Å². The van der Waals surface area contributed by atoms with Crippen LogP contribution in [0, 0.1) is 5.82 Å². The Morgan fingerprint density at radius 2 is 2.00 bits per heavy atom. The summed E-state index contributed by atoms with van der Waals surface area (Å²) in [4.78, 5) is 27.3. The summed E-state index contributed by atoms with van der Waals surface area (Å²) >= 11 is 6.18. The van der Waals surface area contributed by atoms with E-state index in [1.165, 1.54) is 42.3 Å². The first-order valence-electron chi connectivity index (χ1n) is 9.90. The van der Waals surface area contributed by atoms with Crippen LogP contribution in [0.25, 0.3) is 5.76 Å². The number of carbonyl (C=O) groups is 2. The van der Waals surface area contributed by atoms with E-state index >= 15 is 0 Å². The van der Waals surface area contributed by atoms with Crippen molar-refractivity contribution < 1.29 is 28.6 Å². The Bertz CT molecular complexity index is 1050. The number of rotatable bonds is 5. The van der Waals surface area contributed by atoms with Crippen LogP contribution < -0.4 is 4.74 Å². The molecule has 2 aliphatic heterocycles. The molecule has 2 atom stereocenters. The van der Waals surface area contributed by atoms with Crippen molar-refractivity contribution in [1.29, 1.82) is 0 Å². The molecule has 4 rings (SSSR count). The first-order valence-corrected chi connectivity index (χ1v) is 10.3. The van der Waals surface area contributed by atoms with E-state index in [4.69, 9.17) is 21.1 Å². The van der Waals surface area contributed by atoms with Gasteiger partial charge in [0.2, 0.25) is 0 Å². The fourth-order valence-corrected chi connectivity index (χ4v) is 4.29. The highest BCUT2D eigenvalue weighted by atomic mass is 35.5. The minimum Gasteiger partial charge on any atom is -0.507 e. The van der Waals surface area contributed by atoms with Gasteiger partial charge in [0.05, 0.1) is 29.9 Å². The Kier molecular flexibility index (Phi) is 5.98. The van der Waals surface area contributed by atoms with Gasteiger partial charge in [-0.15, -0.1) is 0 Å². The predicted molar refractivity (Wildman–Crippen MR) is 112 cm³/mol. The Balaban J connectivity index is 1.82. The maximum Gasteiger partial charge on any atom is 0.295 e. The van der Waals surface area contributed by atoms with Gasteiger partial charge < -0.3 is 19.5 Å². The topological polar surface area (TPSA) is 76.1 Å². The van der Waals surface area contributed by atoms with Crippen molar-refractivity contribution in [2.45, 2.75) is 25.0 Å². The quantitative estimate of drug-likeness (QED) is 0.426. The van der Waals surface area contributed by atoms with Crippen molar-refractivity contribution in [3.8, 4) is 5.75 Å². The van der Waals surface area contributed by atoms with Crippen molar-refractivity contribution in [2.24, 2.45) is 0 Å². The third-order valence-corrected chi connectivity index (χ3v) is 5.87. The van der Waals surface area contributed by atoms with Crippen LogP contribution in [0.5, 0.6) is 5.75 Å². The molecule has 0 saturated carbocycles. The van der Waals surface area contributed by atoms with Gasteiger partial charge in [-0.3, -0.25) is 9.59 Å². The van der Waals surface area contributed by atoms with E-state index in [-0.39, 0.29) is 34.6 Å². The van der Waals surface area contributed by atoms with Crippen molar-refractivity contribution in [3.05, 3.63) is 70.0 Å².